The third-order valence-corrected chi connectivity index (χ3v) is 5.24. The number of nitrogens with one attached hydrogen (secondary N) is 1. The first kappa shape index (κ1) is 23.1. The number of hydrogen-bond acceptors (Lipinski definition) is 5. The van der Waals surface area contributed by atoms with Crippen LogP contribution in [0.4, 0.5) is 10.1 Å². The molecule has 34 heavy (non-hydrogen) atoms. The molecule has 4 aromatic rings. The van der Waals surface area contributed by atoms with Gasteiger partial charge in [0.2, 0.25) is 0 Å². The highest BCUT2D eigenvalue weighted by atomic mass is 19.1. The number of halogens is 1. The van der Waals surface area contributed by atoms with Gasteiger partial charge in [0.15, 0.2) is 5.76 Å². The number of benzene rings is 2. The van der Waals surface area contributed by atoms with Crippen molar-refractivity contribution < 1.29 is 23.1 Å². The molecule has 2 aromatic heterocycles. The first-order valence-corrected chi connectivity index (χ1v) is 11.0. The van der Waals surface area contributed by atoms with Crippen LogP contribution < -0.4 is 14.8 Å². The van der Waals surface area contributed by atoms with Crippen LogP contribution in [0.25, 0.3) is 0 Å². The lowest BCUT2D eigenvalue weighted by molar-refractivity contribution is 0.0992. The van der Waals surface area contributed by atoms with E-state index in [2.05, 4.69) is 10.4 Å². The fraction of sp³-hybridized carbons (Fsp3) is 0.231. The van der Waals surface area contributed by atoms with Gasteiger partial charge in [-0.25, -0.2) is 4.39 Å². The van der Waals surface area contributed by atoms with Crippen LogP contribution in [0.1, 0.15) is 40.2 Å². The molecule has 1 N–H and O–H groups in total. The summed E-state index contributed by atoms with van der Waals surface area (Å²) >= 11 is 0. The van der Waals surface area contributed by atoms with Gasteiger partial charge in [0.05, 0.1) is 30.2 Å². The van der Waals surface area contributed by atoms with E-state index in [0.29, 0.717) is 36.0 Å². The number of anilines is 1. The van der Waals surface area contributed by atoms with Crippen molar-refractivity contribution in [2.24, 2.45) is 0 Å². The molecular formula is C26H26FN3O4. The van der Waals surface area contributed by atoms with Crippen LogP contribution in [-0.2, 0) is 13.2 Å². The summed E-state index contributed by atoms with van der Waals surface area (Å²) in [7, 11) is 0. The summed E-state index contributed by atoms with van der Waals surface area (Å²) in [4.78, 5) is 12.8. The van der Waals surface area contributed by atoms with Crippen LogP contribution in [-0.4, -0.2) is 22.3 Å². The minimum Gasteiger partial charge on any atom is -0.494 e. The summed E-state index contributed by atoms with van der Waals surface area (Å²) in [5.41, 5.74) is 2.81. The zero-order valence-corrected chi connectivity index (χ0v) is 19.3. The highest BCUT2D eigenvalue weighted by molar-refractivity contribution is 6.02. The second-order valence-electron chi connectivity index (χ2n) is 7.75. The zero-order chi connectivity index (χ0) is 24.1. The number of rotatable bonds is 9. The van der Waals surface area contributed by atoms with Crippen molar-refractivity contribution in [1.29, 1.82) is 0 Å². The number of hydrogen-bond donors (Lipinski definition) is 1. The molecule has 0 unspecified atom stereocenters. The smallest absolute Gasteiger partial charge is 0.291 e. The molecule has 8 heteroatoms. The average molecular weight is 464 g/mol. The van der Waals surface area contributed by atoms with Crippen LogP contribution >= 0.6 is 0 Å². The van der Waals surface area contributed by atoms with Crippen LogP contribution in [0, 0.1) is 19.7 Å². The fourth-order valence-electron chi connectivity index (χ4n) is 3.55. The van der Waals surface area contributed by atoms with Gasteiger partial charge in [-0.1, -0.05) is 12.1 Å². The maximum atomic E-state index is 13.5. The Morgan fingerprint density at radius 1 is 1.06 bits per heavy atom. The lowest BCUT2D eigenvalue weighted by atomic mass is 10.2. The van der Waals surface area contributed by atoms with E-state index in [9.17, 15) is 9.18 Å². The zero-order valence-electron chi connectivity index (χ0n) is 19.3. The SMILES string of the molecule is CCOc1ccc(OCc2ccc(C(=O)Nc3c(C)nn(Cc4cccc(F)c4)c3C)o2)cc1. The lowest BCUT2D eigenvalue weighted by Gasteiger charge is -2.07. The maximum Gasteiger partial charge on any atom is 0.291 e. The molecule has 0 saturated carbocycles. The van der Waals surface area contributed by atoms with Crippen molar-refractivity contribution >= 4 is 11.6 Å². The third-order valence-electron chi connectivity index (χ3n) is 5.24. The van der Waals surface area contributed by atoms with Crippen molar-refractivity contribution in [3.63, 3.8) is 0 Å². The largest absolute Gasteiger partial charge is 0.494 e. The van der Waals surface area contributed by atoms with Gasteiger partial charge in [-0.3, -0.25) is 9.48 Å². The Labute approximate surface area is 197 Å². The van der Waals surface area contributed by atoms with E-state index in [0.717, 1.165) is 17.0 Å². The Morgan fingerprint density at radius 3 is 2.50 bits per heavy atom. The van der Waals surface area contributed by atoms with E-state index >= 15 is 0 Å². The van der Waals surface area contributed by atoms with Crippen molar-refractivity contribution in [3.8, 4) is 11.5 Å². The van der Waals surface area contributed by atoms with E-state index in [1.54, 1.807) is 22.9 Å². The van der Waals surface area contributed by atoms with Gasteiger partial charge in [-0.05, 0) is 74.9 Å². The average Bonchev–Trinajstić information content (AvgIpc) is 3.39. The molecule has 0 bridgehead atoms. The molecule has 0 fully saturated rings. The van der Waals surface area contributed by atoms with E-state index in [1.807, 2.05) is 51.1 Å². The maximum absolute atomic E-state index is 13.5. The van der Waals surface area contributed by atoms with E-state index < -0.39 is 0 Å². The standard InChI is InChI=1S/C26H26FN3O4/c1-4-32-21-8-10-22(11-9-21)33-16-23-12-13-24(34-23)26(31)28-25-17(2)29-30(18(25)3)15-19-6-5-7-20(27)14-19/h5-14H,4,15-16H2,1-3H3,(H,28,31). The van der Waals surface area contributed by atoms with Crippen LogP contribution in [0.3, 0.4) is 0 Å². The number of aryl methyl sites for hydroxylation is 1. The second-order valence-corrected chi connectivity index (χ2v) is 7.75. The van der Waals surface area contributed by atoms with Crippen LogP contribution in [0.15, 0.2) is 65.1 Å². The minimum absolute atomic E-state index is 0.168. The Bertz CT molecular complexity index is 1280. The molecule has 176 valence electrons. The molecule has 0 spiro atoms. The minimum atomic E-state index is -0.385. The highest BCUT2D eigenvalue weighted by Crippen LogP contribution is 2.23. The molecule has 4 rings (SSSR count). The monoisotopic (exact) mass is 463 g/mol. The molecule has 0 radical (unpaired) electrons. The van der Waals surface area contributed by atoms with Gasteiger partial charge in [-0.15, -0.1) is 0 Å². The molecule has 2 heterocycles. The predicted octanol–water partition coefficient (Wildman–Crippen LogP) is 5.51. The Morgan fingerprint density at radius 2 is 1.79 bits per heavy atom. The van der Waals surface area contributed by atoms with Crippen LogP contribution in [0.5, 0.6) is 11.5 Å². The molecule has 0 atom stereocenters. The first-order chi connectivity index (χ1) is 16.4. The predicted molar refractivity (Wildman–Crippen MR) is 126 cm³/mol. The van der Waals surface area contributed by atoms with Crippen molar-refractivity contribution in [3.05, 3.63) is 95.0 Å². The molecule has 1 amide bonds. The number of furan rings is 1. The topological polar surface area (TPSA) is 78.5 Å². The summed E-state index contributed by atoms with van der Waals surface area (Å²) in [5.74, 6) is 1.45. The number of nitrogens with zero attached hydrogens (tertiary/aromatic N) is 2. The number of carbonyl (C=O) groups is 1. The summed E-state index contributed by atoms with van der Waals surface area (Å²) in [6.07, 6.45) is 0. The summed E-state index contributed by atoms with van der Waals surface area (Å²) in [6.45, 7) is 6.77. The second kappa shape index (κ2) is 10.2. The number of amides is 1. The van der Waals surface area contributed by atoms with Gasteiger partial charge < -0.3 is 19.2 Å². The molecule has 0 aliphatic rings. The Hall–Kier alpha value is -4.07. The molecule has 7 nitrogen and oxygen atoms in total. The first-order valence-electron chi connectivity index (χ1n) is 11.0. The molecule has 2 aromatic carbocycles. The third kappa shape index (κ3) is 5.46. The quantitative estimate of drug-likeness (QED) is 0.354. The fourth-order valence-corrected chi connectivity index (χ4v) is 3.55. The number of ether oxygens (including phenoxy) is 2. The van der Waals surface area contributed by atoms with Gasteiger partial charge in [0, 0.05) is 0 Å². The van der Waals surface area contributed by atoms with E-state index in [4.69, 9.17) is 13.9 Å². The Balaban J connectivity index is 1.38. The molecule has 0 aliphatic heterocycles. The lowest BCUT2D eigenvalue weighted by Crippen LogP contribution is -2.12. The van der Waals surface area contributed by atoms with Gasteiger partial charge in [-0.2, -0.15) is 5.10 Å². The number of aromatic nitrogens is 2. The van der Waals surface area contributed by atoms with Crippen molar-refractivity contribution in [2.45, 2.75) is 33.9 Å². The normalized spacial score (nSPS) is 10.8. The van der Waals surface area contributed by atoms with Crippen LogP contribution in [0.2, 0.25) is 0 Å². The van der Waals surface area contributed by atoms with E-state index in [1.165, 1.54) is 12.1 Å². The summed E-state index contributed by atoms with van der Waals surface area (Å²) in [5, 5.41) is 7.36. The van der Waals surface area contributed by atoms with Gasteiger partial charge in [0.1, 0.15) is 29.7 Å². The summed E-state index contributed by atoms with van der Waals surface area (Å²) < 4.78 is 32.0. The Kier molecular flexibility index (Phi) is 6.96. The molecule has 0 saturated heterocycles. The van der Waals surface area contributed by atoms with Crippen molar-refractivity contribution in [1.82, 2.24) is 9.78 Å². The number of carbonyl (C=O) groups excluding carboxylic acids is 1. The summed E-state index contributed by atoms with van der Waals surface area (Å²) in [6, 6.07) is 17.0. The molecular weight excluding hydrogens is 437 g/mol. The van der Waals surface area contributed by atoms with Gasteiger partial charge in [0.25, 0.3) is 5.91 Å². The van der Waals surface area contributed by atoms with Crippen molar-refractivity contribution in [2.75, 3.05) is 11.9 Å². The van der Waals surface area contributed by atoms with E-state index in [-0.39, 0.29) is 24.1 Å². The molecule has 0 aliphatic carbocycles. The highest BCUT2D eigenvalue weighted by Gasteiger charge is 2.18. The van der Waals surface area contributed by atoms with Gasteiger partial charge >= 0.3 is 0 Å².